The van der Waals surface area contributed by atoms with Crippen molar-refractivity contribution in [2.45, 2.75) is 62.8 Å². The van der Waals surface area contributed by atoms with E-state index in [4.69, 9.17) is 0 Å². The summed E-state index contributed by atoms with van der Waals surface area (Å²) in [5, 5.41) is 8.57. The first-order chi connectivity index (χ1) is 14.8. The molecule has 1 unspecified atom stereocenters. The molecule has 1 aromatic carbocycles. The van der Waals surface area contributed by atoms with Gasteiger partial charge in [0.05, 0.1) is 4.90 Å². The summed E-state index contributed by atoms with van der Waals surface area (Å²) >= 11 is 0. The molecule has 7 nitrogen and oxygen atoms in total. The summed E-state index contributed by atoms with van der Waals surface area (Å²) in [4.78, 5) is 2.98. The Morgan fingerprint density at radius 2 is 1.87 bits per heavy atom. The molecule has 168 valence electrons. The normalized spacial score (nSPS) is 24.3. The molecular formula is C23H33N5O2S. The number of rotatable bonds is 4. The Hall–Kier alpha value is -1.77. The van der Waals surface area contributed by atoms with E-state index in [0.717, 1.165) is 51.0 Å². The summed E-state index contributed by atoms with van der Waals surface area (Å²) in [6, 6.07) is 6.20. The second-order valence-electron chi connectivity index (χ2n) is 9.93. The van der Waals surface area contributed by atoms with Crippen molar-refractivity contribution in [3.8, 4) is 0 Å². The summed E-state index contributed by atoms with van der Waals surface area (Å²) in [6.07, 6.45) is 6.68. The van der Waals surface area contributed by atoms with Crippen molar-refractivity contribution >= 4 is 10.0 Å². The highest BCUT2D eigenvalue weighted by Crippen LogP contribution is 2.50. The number of benzene rings is 1. The molecule has 1 aromatic heterocycles. The molecule has 0 bridgehead atoms. The van der Waals surface area contributed by atoms with Gasteiger partial charge < -0.3 is 4.57 Å². The number of hydrogen-bond donors (Lipinski definition) is 0. The number of likely N-dealkylation sites (tertiary alicyclic amines) is 1. The van der Waals surface area contributed by atoms with Gasteiger partial charge in [-0.05, 0) is 74.6 Å². The van der Waals surface area contributed by atoms with E-state index in [1.807, 2.05) is 29.8 Å². The molecule has 0 saturated carbocycles. The Balaban J connectivity index is 1.38. The Kier molecular flexibility index (Phi) is 5.22. The van der Waals surface area contributed by atoms with Gasteiger partial charge in [-0.3, -0.25) is 4.90 Å². The third-order valence-corrected chi connectivity index (χ3v) is 9.78. The van der Waals surface area contributed by atoms with Crippen LogP contribution in [0.3, 0.4) is 0 Å². The minimum Gasteiger partial charge on any atom is -0.320 e. The first-order valence-electron chi connectivity index (χ1n) is 11.5. The van der Waals surface area contributed by atoms with E-state index in [1.54, 1.807) is 10.6 Å². The van der Waals surface area contributed by atoms with Gasteiger partial charge in [0.15, 0.2) is 0 Å². The second kappa shape index (κ2) is 7.67. The molecular weight excluding hydrogens is 410 g/mol. The van der Waals surface area contributed by atoms with Crippen molar-refractivity contribution < 1.29 is 8.42 Å². The molecule has 2 fully saturated rings. The zero-order valence-electron chi connectivity index (χ0n) is 18.8. The average Bonchev–Trinajstić information content (AvgIpc) is 3.46. The van der Waals surface area contributed by atoms with Crippen LogP contribution in [0.2, 0.25) is 0 Å². The second-order valence-corrected chi connectivity index (χ2v) is 11.9. The highest BCUT2D eigenvalue weighted by atomic mass is 32.2. The van der Waals surface area contributed by atoms with Gasteiger partial charge in [-0.25, -0.2) is 8.42 Å². The molecule has 1 atom stereocenters. The largest absolute Gasteiger partial charge is 0.320 e. The van der Waals surface area contributed by atoms with Crippen molar-refractivity contribution in [1.82, 2.24) is 24.0 Å². The maximum absolute atomic E-state index is 13.4. The third-order valence-electron chi connectivity index (χ3n) is 7.89. The van der Waals surface area contributed by atoms with E-state index >= 15 is 0 Å². The molecule has 1 aliphatic carbocycles. The minimum atomic E-state index is -3.45. The Morgan fingerprint density at radius 3 is 2.55 bits per heavy atom. The molecule has 0 amide bonds. The lowest BCUT2D eigenvalue weighted by Gasteiger charge is -2.42. The highest BCUT2D eigenvalue weighted by molar-refractivity contribution is 7.89. The lowest BCUT2D eigenvalue weighted by Crippen LogP contribution is -2.46. The predicted octanol–water partition coefficient (Wildman–Crippen LogP) is 2.58. The summed E-state index contributed by atoms with van der Waals surface area (Å²) in [5.41, 5.74) is 2.57. The summed E-state index contributed by atoms with van der Waals surface area (Å²) in [7, 11) is -1.44. The number of hydrogen-bond acceptors (Lipinski definition) is 5. The summed E-state index contributed by atoms with van der Waals surface area (Å²) in [5.74, 6) is 1.31. The Labute approximate surface area is 185 Å². The number of aryl methyl sites for hydroxylation is 3. The predicted molar refractivity (Wildman–Crippen MR) is 119 cm³/mol. The van der Waals surface area contributed by atoms with E-state index in [1.165, 1.54) is 11.1 Å². The van der Waals surface area contributed by atoms with E-state index in [2.05, 4.69) is 28.9 Å². The van der Waals surface area contributed by atoms with Crippen molar-refractivity contribution in [2.24, 2.45) is 12.5 Å². The molecule has 2 aliphatic heterocycles. The zero-order valence-corrected chi connectivity index (χ0v) is 19.6. The number of aromatic nitrogens is 3. The van der Waals surface area contributed by atoms with E-state index < -0.39 is 10.0 Å². The SMILES string of the molecule is CC(C)N1CC(c2nncn2C)C2(CCN(S(=O)(=O)c3ccc4c(c3)CCC4)CC2)C1. The van der Waals surface area contributed by atoms with Crippen LogP contribution < -0.4 is 0 Å². The lowest BCUT2D eigenvalue weighted by atomic mass is 9.71. The lowest BCUT2D eigenvalue weighted by molar-refractivity contribution is 0.131. The number of piperidine rings is 1. The Bertz CT molecular complexity index is 1070. The standard InChI is InChI=1S/C23H33N5O2S/c1-17(2)27-14-21(22-25-24-16-26(22)3)23(15-27)9-11-28(12-10-23)31(29,30)20-8-7-18-5-4-6-19(18)13-20/h7-8,13,16-17,21H,4-6,9-12,14-15H2,1-3H3. The highest BCUT2D eigenvalue weighted by Gasteiger charge is 2.51. The molecule has 0 radical (unpaired) electrons. The van der Waals surface area contributed by atoms with Crippen LogP contribution in [0.15, 0.2) is 29.4 Å². The van der Waals surface area contributed by atoms with Crippen LogP contribution in [0.25, 0.3) is 0 Å². The summed E-state index contributed by atoms with van der Waals surface area (Å²) in [6.45, 7) is 7.57. The zero-order chi connectivity index (χ0) is 21.8. The average molecular weight is 444 g/mol. The monoisotopic (exact) mass is 443 g/mol. The van der Waals surface area contributed by atoms with Crippen molar-refractivity contribution in [3.05, 3.63) is 41.5 Å². The first kappa shape index (κ1) is 21.1. The van der Waals surface area contributed by atoms with Crippen LogP contribution >= 0.6 is 0 Å². The molecule has 0 N–H and O–H groups in total. The molecule has 8 heteroatoms. The number of sulfonamides is 1. The maximum atomic E-state index is 13.4. The topological polar surface area (TPSA) is 71.3 Å². The van der Waals surface area contributed by atoms with Gasteiger partial charge in [0.1, 0.15) is 12.2 Å². The van der Waals surface area contributed by atoms with Crippen LogP contribution in [0, 0.1) is 5.41 Å². The molecule has 3 heterocycles. The van der Waals surface area contributed by atoms with Gasteiger partial charge in [-0.15, -0.1) is 10.2 Å². The first-order valence-corrected chi connectivity index (χ1v) is 12.9. The van der Waals surface area contributed by atoms with E-state index in [9.17, 15) is 8.42 Å². The maximum Gasteiger partial charge on any atom is 0.243 e. The summed E-state index contributed by atoms with van der Waals surface area (Å²) < 4.78 is 30.6. The van der Waals surface area contributed by atoms with Crippen LogP contribution in [0.5, 0.6) is 0 Å². The van der Waals surface area contributed by atoms with Gasteiger partial charge in [-0.2, -0.15) is 4.31 Å². The van der Waals surface area contributed by atoms with Crippen LogP contribution in [-0.4, -0.2) is 64.6 Å². The van der Waals surface area contributed by atoms with Crippen molar-refractivity contribution in [3.63, 3.8) is 0 Å². The van der Waals surface area contributed by atoms with Gasteiger partial charge >= 0.3 is 0 Å². The van der Waals surface area contributed by atoms with Gasteiger partial charge in [-0.1, -0.05) is 6.07 Å². The van der Waals surface area contributed by atoms with Crippen LogP contribution in [0.1, 0.15) is 56.0 Å². The van der Waals surface area contributed by atoms with Crippen LogP contribution in [0.4, 0.5) is 0 Å². The molecule has 2 aromatic rings. The minimum absolute atomic E-state index is 0.0506. The quantitative estimate of drug-likeness (QED) is 0.726. The number of nitrogens with zero attached hydrogens (tertiary/aromatic N) is 5. The fraction of sp³-hybridized carbons (Fsp3) is 0.652. The number of fused-ring (bicyclic) bond motifs is 1. The molecule has 5 rings (SSSR count). The Morgan fingerprint density at radius 1 is 1.13 bits per heavy atom. The van der Waals surface area contributed by atoms with Gasteiger partial charge in [0.2, 0.25) is 10.0 Å². The fourth-order valence-electron chi connectivity index (χ4n) is 5.90. The third kappa shape index (κ3) is 3.52. The smallest absolute Gasteiger partial charge is 0.243 e. The van der Waals surface area contributed by atoms with Crippen molar-refractivity contribution in [1.29, 1.82) is 0 Å². The van der Waals surface area contributed by atoms with E-state index in [0.29, 0.717) is 24.0 Å². The molecule has 1 spiro atoms. The molecule has 3 aliphatic rings. The van der Waals surface area contributed by atoms with Crippen LogP contribution in [-0.2, 0) is 29.9 Å². The fourth-order valence-corrected chi connectivity index (χ4v) is 7.39. The van der Waals surface area contributed by atoms with Crippen molar-refractivity contribution in [2.75, 3.05) is 26.2 Å². The van der Waals surface area contributed by atoms with E-state index in [-0.39, 0.29) is 11.3 Å². The van der Waals surface area contributed by atoms with Gasteiger partial charge in [0.25, 0.3) is 0 Å². The molecule has 31 heavy (non-hydrogen) atoms. The molecule has 2 saturated heterocycles. The van der Waals surface area contributed by atoms with Gasteiger partial charge in [0, 0.05) is 45.2 Å².